The Bertz CT molecular complexity index is 547. The van der Waals surface area contributed by atoms with Gasteiger partial charge in [-0.15, -0.1) is 0 Å². The van der Waals surface area contributed by atoms with E-state index in [1.54, 1.807) is 6.92 Å². The second kappa shape index (κ2) is 6.32. The molecule has 3 nitrogen and oxygen atoms in total. The molecule has 21 heavy (non-hydrogen) atoms. The van der Waals surface area contributed by atoms with E-state index in [1.165, 1.54) is 12.1 Å². The lowest BCUT2D eigenvalue weighted by Crippen LogP contribution is -2.24. The third-order valence-corrected chi connectivity index (χ3v) is 4.93. The number of rotatable bonds is 4. The van der Waals surface area contributed by atoms with Gasteiger partial charge in [0.1, 0.15) is 5.82 Å². The number of benzene rings is 1. The molecule has 1 aliphatic carbocycles. The first kappa shape index (κ1) is 16.2. The normalized spacial score (nSPS) is 26.8. The van der Waals surface area contributed by atoms with E-state index in [0.717, 1.165) is 6.42 Å². The number of carboxylic acid groups (broad SMARTS) is 1. The Morgan fingerprint density at radius 2 is 2.14 bits per heavy atom. The highest BCUT2D eigenvalue weighted by molar-refractivity contribution is 6.31. The Balaban J connectivity index is 2.32. The van der Waals surface area contributed by atoms with Crippen LogP contribution in [0.4, 0.5) is 4.39 Å². The summed E-state index contributed by atoms with van der Waals surface area (Å²) in [4.78, 5) is 11.4. The van der Waals surface area contributed by atoms with Gasteiger partial charge in [0, 0.05) is 10.9 Å². The van der Waals surface area contributed by atoms with Gasteiger partial charge in [-0.05, 0) is 48.9 Å². The van der Waals surface area contributed by atoms with Crippen molar-refractivity contribution in [2.75, 3.05) is 0 Å². The predicted molar refractivity (Wildman–Crippen MR) is 78.7 cm³/mol. The fourth-order valence-corrected chi connectivity index (χ4v) is 3.54. The molecule has 0 aliphatic heterocycles. The van der Waals surface area contributed by atoms with Crippen molar-refractivity contribution in [3.8, 4) is 0 Å². The highest BCUT2D eigenvalue weighted by Gasteiger charge is 2.42. The van der Waals surface area contributed by atoms with Crippen LogP contribution in [0.15, 0.2) is 12.1 Å². The van der Waals surface area contributed by atoms with Crippen LogP contribution in [0.1, 0.15) is 43.4 Å². The Labute approximate surface area is 128 Å². The largest absolute Gasteiger partial charge is 0.481 e. The van der Waals surface area contributed by atoms with Gasteiger partial charge in [-0.3, -0.25) is 4.79 Å². The molecule has 2 rings (SSSR count). The number of carbonyl (C=O) groups is 1. The first-order valence-corrected chi connectivity index (χ1v) is 7.59. The van der Waals surface area contributed by atoms with Crippen molar-refractivity contribution < 1.29 is 19.4 Å². The third-order valence-electron chi connectivity index (χ3n) is 4.61. The third kappa shape index (κ3) is 3.22. The number of aliphatic hydroxyl groups excluding tert-OH is 1. The van der Waals surface area contributed by atoms with E-state index in [0.29, 0.717) is 29.9 Å². The van der Waals surface area contributed by atoms with Crippen molar-refractivity contribution in [3.63, 3.8) is 0 Å². The monoisotopic (exact) mass is 314 g/mol. The van der Waals surface area contributed by atoms with E-state index in [2.05, 4.69) is 0 Å². The van der Waals surface area contributed by atoms with Gasteiger partial charge in [0.25, 0.3) is 0 Å². The molecule has 4 atom stereocenters. The zero-order valence-electron chi connectivity index (χ0n) is 12.1. The summed E-state index contributed by atoms with van der Waals surface area (Å²) in [7, 11) is 0. The molecule has 0 saturated heterocycles. The molecular weight excluding hydrogens is 295 g/mol. The fourth-order valence-electron chi connectivity index (χ4n) is 3.28. The Morgan fingerprint density at radius 3 is 2.71 bits per heavy atom. The first-order chi connectivity index (χ1) is 9.85. The molecule has 1 fully saturated rings. The molecule has 4 unspecified atom stereocenters. The molecule has 0 amide bonds. The summed E-state index contributed by atoms with van der Waals surface area (Å²) >= 11 is 6.02. The van der Waals surface area contributed by atoms with E-state index in [1.807, 2.05) is 6.92 Å². The lowest BCUT2D eigenvalue weighted by molar-refractivity contribution is -0.144. The number of aliphatic carboxylic acids is 1. The van der Waals surface area contributed by atoms with E-state index in [4.69, 9.17) is 11.6 Å². The standard InChI is InChI=1S/C16H20ClFO3/c1-3-9-5-10(11(6-9)16(20)21)15(19)12-4-8(2)14(18)7-13(12)17/h4,7,9-11,15,19H,3,5-6H2,1-2H3,(H,20,21). The molecule has 5 heteroatoms. The molecule has 0 bridgehead atoms. The maximum atomic E-state index is 13.5. The summed E-state index contributed by atoms with van der Waals surface area (Å²) in [5.74, 6) is -1.97. The first-order valence-electron chi connectivity index (χ1n) is 7.21. The van der Waals surface area contributed by atoms with Gasteiger partial charge in [-0.2, -0.15) is 0 Å². The van der Waals surface area contributed by atoms with Gasteiger partial charge >= 0.3 is 5.97 Å². The summed E-state index contributed by atoms with van der Waals surface area (Å²) in [6, 6.07) is 2.69. The lowest BCUT2D eigenvalue weighted by Gasteiger charge is -2.24. The molecule has 1 saturated carbocycles. The van der Waals surface area contributed by atoms with E-state index < -0.39 is 23.8 Å². The SMILES string of the molecule is CCC1CC(C(=O)O)C(C(O)c2cc(C)c(F)cc2Cl)C1. The number of carboxylic acids is 1. The number of halogens is 2. The molecule has 0 heterocycles. The fraction of sp³-hybridized carbons (Fsp3) is 0.562. The van der Waals surface area contributed by atoms with Crippen LogP contribution in [0.25, 0.3) is 0 Å². The van der Waals surface area contributed by atoms with Crippen LogP contribution >= 0.6 is 11.6 Å². The van der Waals surface area contributed by atoms with Crippen LogP contribution in [0.3, 0.4) is 0 Å². The zero-order chi connectivity index (χ0) is 15.7. The van der Waals surface area contributed by atoms with Crippen molar-refractivity contribution in [1.29, 1.82) is 0 Å². The Morgan fingerprint density at radius 1 is 1.48 bits per heavy atom. The van der Waals surface area contributed by atoms with Gasteiger partial charge in [0.2, 0.25) is 0 Å². The number of hydrogen-bond acceptors (Lipinski definition) is 2. The maximum Gasteiger partial charge on any atom is 0.306 e. The average Bonchev–Trinajstić information content (AvgIpc) is 2.86. The smallest absolute Gasteiger partial charge is 0.306 e. The lowest BCUT2D eigenvalue weighted by atomic mass is 9.86. The van der Waals surface area contributed by atoms with Crippen LogP contribution in [0.5, 0.6) is 0 Å². The quantitative estimate of drug-likeness (QED) is 0.884. The molecule has 1 aromatic rings. The van der Waals surface area contributed by atoms with Gasteiger partial charge in [-0.25, -0.2) is 4.39 Å². The average molecular weight is 315 g/mol. The van der Waals surface area contributed by atoms with E-state index in [9.17, 15) is 19.4 Å². The molecular formula is C16H20ClFO3. The second-order valence-corrected chi connectivity index (χ2v) is 6.33. The molecule has 0 radical (unpaired) electrons. The van der Waals surface area contributed by atoms with E-state index in [-0.39, 0.29) is 10.9 Å². The Kier molecular flexibility index (Phi) is 4.89. The van der Waals surface area contributed by atoms with Crippen LogP contribution in [0.2, 0.25) is 5.02 Å². The van der Waals surface area contributed by atoms with Crippen molar-refractivity contribution in [3.05, 3.63) is 34.1 Å². The molecule has 1 aromatic carbocycles. The molecule has 2 N–H and O–H groups in total. The number of aryl methyl sites for hydroxylation is 1. The van der Waals surface area contributed by atoms with Gasteiger partial charge in [0.15, 0.2) is 0 Å². The van der Waals surface area contributed by atoms with Crippen LogP contribution in [-0.4, -0.2) is 16.2 Å². The van der Waals surface area contributed by atoms with Gasteiger partial charge in [0.05, 0.1) is 12.0 Å². The van der Waals surface area contributed by atoms with Crippen molar-refractivity contribution in [2.45, 2.75) is 39.2 Å². The summed E-state index contributed by atoms with van der Waals surface area (Å²) < 4.78 is 13.5. The van der Waals surface area contributed by atoms with Crippen LogP contribution in [-0.2, 0) is 4.79 Å². The van der Waals surface area contributed by atoms with Crippen LogP contribution < -0.4 is 0 Å². The molecule has 116 valence electrons. The summed E-state index contributed by atoms with van der Waals surface area (Å²) in [6.45, 7) is 3.62. The topological polar surface area (TPSA) is 57.5 Å². The predicted octanol–water partition coefficient (Wildman–Crippen LogP) is 3.96. The highest BCUT2D eigenvalue weighted by atomic mass is 35.5. The minimum Gasteiger partial charge on any atom is -0.481 e. The molecule has 0 spiro atoms. The summed E-state index contributed by atoms with van der Waals surface area (Å²) in [6.07, 6.45) is 1.14. The van der Waals surface area contributed by atoms with Crippen molar-refractivity contribution >= 4 is 17.6 Å². The van der Waals surface area contributed by atoms with Gasteiger partial charge in [-0.1, -0.05) is 24.9 Å². The maximum absolute atomic E-state index is 13.5. The minimum absolute atomic E-state index is 0.148. The summed E-state index contributed by atoms with van der Waals surface area (Å²) in [5.41, 5.74) is 0.814. The summed E-state index contributed by atoms with van der Waals surface area (Å²) in [5, 5.41) is 20.1. The van der Waals surface area contributed by atoms with Crippen LogP contribution in [0, 0.1) is 30.5 Å². The Hall–Kier alpha value is -1.13. The molecule has 0 aromatic heterocycles. The number of aliphatic hydroxyl groups is 1. The van der Waals surface area contributed by atoms with Gasteiger partial charge < -0.3 is 10.2 Å². The molecule has 1 aliphatic rings. The highest BCUT2D eigenvalue weighted by Crippen LogP contribution is 2.46. The van der Waals surface area contributed by atoms with Crippen molar-refractivity contribution in [1.82, 2.24) is 0 Å². The van der Waals surface area contributed by atoms with E-state index >= 15 is 0 Å². The second-order valence-electron chi connectivity index (χ2n) is 5.92. The van der Waals surface area contributed by atoms with Crippen molar-refractivity contribution in [2.24, 2.45) is 17.8 Å². The zero-order valence-corrected chi connectivity index (χ0v) is 12.9. The number of hydrogen-bond donors (Lipinski definition) is 2. The minimum atomic E-state index is -0.977.